The molecule has 4 fully saturated rings. The van der Waals surface area contributed by atoms with Crippen LogP contribution in [0.2, 0.25) is 0 Å². The van der Waals surface area contributed by atoms with Crippen LogP contribution in [-0.4, -0.2) is 6.17 Å². The molecule has 0 spiro atoms. The maximum atomic E-state index is 13.8. The van der Waals surface area contributed by atoms with Crippen LogP contribution in [-0.2, 0) is 0 Å². The van der Waals surface area contributed by atoms with Crippen molar-refractivity contribution in [2.75, 3.05) is 0 Å². The van der Waals surface area contributed by atoms with Gasteiger partial charge in [-0.3, -0.25) is 0 Å². The summed E-state index contributed by atoms with van der Waals surface area (Å²) in [7, 11) is 0. The molecule has 4 aliphatic carbocycles. The van der Waals surface area contributed by atoms with E-state index in [4.69, 9.17) is 0 Å². The first kappa shape index (κ1) is 13.6. The van der Waals surface area contributed by atoms with E-state index in [9.17, 15) is 4.39 Å². The molecule has 0 aliphatic heterocycles. The Bertz CT molecular complexity index is 391. The fraction of sp³-hybridized carbons (Fsp3) is 1.00. The number of fused-ring (bicyclic) bond motifs is 5. The number of alkyl halides is 1. The van der Waals surface area contributed by atoms with Crippen molar-refractivity contribution in [2.45, 2.75) is 84.2 Å². The SMILES string of the molecule is C[C@@]12CCC[C@H]1[C@@H]1CC[C@H]3C[C@@H](F)CC[C@]3(C)[C@H]1CC2. The number of rotatable bonds is 0. The quantitative estimate of drug-likeness (QED) is 0.528. The van der Waals surface area contributed by atoms with Crippen LogP contribution < -0.4 is 0 Å². The summed E-state index contributed by atoms with van der Waals surface area (Å²) in [5.74, 6) is 3.60. The van der Waals surface area contributed by atoms with Gasteiger partial charge in [0.2, 0.25) is 0 Å². The van der Waals surface area contributed by atoms with E-state index in [1.165, 1.54) is 51.4 Å². The zero-order valence-corrected chi connectivity index (χ0v) is 13.3. The molecule has 4 saturated carbocycles. The molecular formula is C19H31F. The van der Waals surface area contributed by atoms with Gasteiger partial charge in [-0.1, -0.05) is 20.3 Å². The lowest BCUT2D eigenvalue weighted by Gasteiger charge is -2.60. The first-order chi connectivity index (χ1) is 9.53. The molecule has 4 rings (SSSR count). The molecular weight excluding hydrogens is 247 g/mol. The Morgan fingerprint density at radius 2 is 1.70 bits per heavy atom. The van der Waals surface area contributed by atoms with E-state index in [1.54, 1.807) is 0 Å². The molecule has 0 unspecified atom stereocenters. The first-order valence-electron chi connectivity index (χ1n) is 9.17. The van der Waals surface area contributed by atoms with Crippen molar-refractivity contribution >= 4 is 0 Å². The summed E-state index contributed by atoms with van der Waals surface area (Å²) in [5.41, 5.74) is 1.15. The summed E-state index contributed by atoms with van der Waals surface area (Å²) in [6.07, 6.45) is 12.5. The highest BCUT2D eigenvalue weighted by atomic mass is 19.1. The average Bonchev–Trinajstić information content (AvgIpc) is 2.81. The second-order valence-electron chi connectivity index (χ2n) is 9.11. The minimum absolute atomic E-state index is 0.482. The van der Waals surface area contributed by atoms with Crippen molar-refractivity contribution in [3.63, 3.8) is 0 Å². The normalized spacial score (nSPS) is 58.6. The first-order valence-corrected chi connectivity index (χ1v) is 9.17. The summed E-state index contributed by atoms with van der Waals surface area (Å²) < 4.78 is 13.8. The fourth-order valence-electron chi connectivity index (χ4n) is 7.20. The van der Waals surface area contributed by atoms with Gasteiger partial charge in [0.25, 0.3) is 0 Å². The lowest BCUT2D eigenvalue weighted by Crippen LogP contribution is -2.52. The molecule has 0 nitrogen and oxygen atoms in total. The van der Waals surface area contributed by atoms with Gasteiger partial charge in [-0.25, -0.2) is 4.39 Å². The van der Waals surface area contributed by atoms with Crippen LogP contribution in [0, 0.1) is 34.5 Å². The van der Waals surface area contributed by atoms with Gasteiger partial charge in [0.1, 0.15) is 6.17 Å². The Balaban J connectivity index is 1.62. The molecule has 0 saturated heterocycles. The Labute approximate surface area is 123 Å². The average molecular weight is 278 g/mol. The van der Waals surface area contributed by atoms with Gasteiger partial charge in [-0.2, -0.15) is 0 Å². The molecule has 0 aromatic rings. The van der Waals surface area contributed by atoms with E-state index < -0.39 is 6.17 Å². The molecule has 20 heavy (non-hydrogen) atoms. The van der Waals surface area contributed by atoms with Crippen LogP contribution in [0.25, 0.3) is 0 Å². The summed E-state index contributed by atoms with van der Waals surface area (Å²) in [6, 6.07) is 0. The highest BCUT2D eigenvalue weighted by molar-refractivity contribution is 5.07. The fourth-order valence-corrected chi connectivity index (χ4v) is 7.20. The molecule has 0 bridgehead atoms. The maximum Gasteiger partial charge on any atom is 0.100 e. The molecule has 0 radical (unpaired) electrons. The Morgan fingerprint density at radius 1 is 0.850 bits per heavy atom. The van der Waals surface area contributed by atoms with Crippen LogP contribution in [0.15, 0.2) is 0 Å². The second-order valence-corrected chi connectivity index (χ2v) is 9.11. The van der Waals surface area contributed by atoms with E-state index in [0.29, 0.717) is 16.7 Å². The van der Waals surface area contributed by atoms with Crippen molar-refractivity contribution in [2.24, 2.45) is 34.5 Å². The van der Waals surface area contributed by atoms with Gasteiger partial charge in [0.15, 0.2) is 0 Å². The standard InChI is InChI=1S/C19H31F/c1-18-9-3-4-16(18)15-6-5-13-12-14(20)7-11-19(13,2)17(15)8-10-18/h13-17H,3-12H2,1-2H3/t13-,14-,15-,16-,17-,18-,19-/m0/s1. The van der Waals surface area contributed by atoms with E-state index in [1.807, 2.05) is 0 Å². The molecule has 4 aliphatic rings. The van der Waals surface area contributed by atoms with Crippen molar-refractivity contribution in [1.82, 2.24) is 0 Å². The van der Waals surface area contributed by atoms with E-state index in [-0.39, 0.29) is 0 Å². The van der Waals surface area contributed by atoms with Crippen LogP contribution >= 0.6 is 0 Å². The minimum Gasteiger partial charge on any atom is -0.247 e. The van der Waals surface area contributed by atoms with Gasteiger partial charge in [0, 0.05) is 0 Å². The summed E-state index contributed by atoms with van der Waals surface area (Å²) >= 11 is 0. The van der Waals surface area contributed by atoms with Gasteiger partial charge >= 0.3 is 0 Å². The van der Waals surface area contributed by atoms with Crippen LogP contribution in [0.5, 0.6) is 0 Å². The smallest absolute Gasteiger partial charge is 0.100 e. The molecule has 114 valence electrons. The lowest BCUT2D eigenvalue weighted by molar-refractivity contribution is -0.113. The largest absolute Gasteiger partial charge is 0.247 e. The van der Waals surface area contributed by atoms with Gasteiger partial charge in [-0.05, 0) is 92.3 Å². The highest BCUT2D eigenvalue weighted by Gasteiger charge is 2.57. The summed E-state index contributed by atoms with van der Waals surface area (Å²) in [6.45, 7) is 5.12. The molecule has 0 N–H and O–H groups in total. The van der Waals surface area contributed by atoms with E-state index in [2.05, 4.69) is 13.8 Å². The van der Waals surface area contributed by atoms with Gasteiger partial charge in [-0.15, -0.1) is 0 Å². The maximum absolute atomic E-state index is 13.8. The van der Waals surface area contributed by atoms with E-state index >= 15 is 0 Å². The monoisotopic (exact) mass is 278 g/mol. The zero-order valence-electron chi connectivity index (χ0n) is 13.3. The van der Waals surface area contributed by atoms with E-state index in [0.717, 1.165) is 30.6 Å². The predicted molar refractivity (Wildman–Crippen MR) is 81.2 cm³/mol. The topological polar surface area (TPSA) is 0 Å². The molecule has 0 amide bonds. The molecule has 7 atom stereocenters. The van der Waals surface area contributed by atoms with Crippen molar-refractivity contribution in [1.29, 1.82) is 0 Å². The molecule has 0 aromatic carbocycles. The third-order valence-corrected chi connectivity index (χ3v) is 8.38. The Morgan fingerprint density at radius 3 is 2.55 bits per heavy atom. The number of hydrogen-bond acceptors (Lipinski definition) is 0. The molecule has 1 heteroatoms. The zero-order chi connectivity index (χ0) is 14.0. The second kappa shape index (κ2) is 4.46. The Hall–Kier alpha value is -0.0700. The Kier molecular flexibility index (Phi) is 3.03. The van der Waals surface area contributed by atoms with Crippen LogP contribution in [0.4, 0.5) is 4.39 Å². The summed E-state index contributed by atoms with van der Waals surface area (Å²) in [4.78, 5) is 0. The van der Waals surface area contributed by atoms with Gasteiger partial charge < -0.3 is 0 Å². The minimum atomic E-state index is -0.495. The number of halogens is 1. The third-order valence-electron chi connectivity index (χ3n) is 8.38. The highest BCUT2D eigenvalue weighted by Crippen LogP contribution is 2.66. The predicted octanol–water partition coefficient (Wildman–Crippen LogP) is 5.76. The van der Waals surface area contributed by atoms with Crippen LogP contribution in [0.3, 0.4) is 0 Å². The van der Waals surface area contributed by atoms with Crippen molar-refractivity contribution < 1.29 is 4.39 Å². The molecule has 0 heterocycles. The third kappa shape index (κ3) is 1.77. The number of hydrogen-bond donors (Lipinski definition) is 0. The van der Waals surface area contributed by atoms with Crippen molar-refractivity contribution in [3.8, 4) is 0 Å². The van der Waals surface area contributed by atoms with Gasteiger partial charge in [0.05, 0.1) is 0 Å². The van der Waals surface area contributed by atoms with Crippen LogP contribution in [0.1, 0.15) is 78.1 Å². The summed E-state index contributed by atoms with van der Waals surface area (Å²) in [5, 5.41) is 0. The lowest BCUT2D eigenvalue weighted by atomic mass is 9.45. The van der Waals surface area contributed by atoms with Crippen molar-refractivity contribution in [3.05, 3.63) is 0 Å². The molecule has 0 aromatic heterocycles.